The molecule has 0 aliphatic carbocycles. The van der Waals surface area contributed by atoms with Crippen molar-refractivity contribution in [2.45, 2.75) is 0 Å². The van der Waals surface area contributed by atoms with Crippen molar-refractivity contribution in [1.29, 1.82) is 0 Å². The highest BCUT2D eigenvalue weighted by Gasteiger charge is 2.22. The van der Waals surface area contributed by atoms with E-state index in [1.165, 1.54) is 27.1 Å². The van der Waals surface area contributed by atoms with Crippen molar-refractivity contribution in [2.24, 2.45) is 0 Å². The first kappa shape index (κ1) is 21.5. The third-order valence-corrected chi connectivity index (χ3v) is 9.55. The van der Waals surface area contributed by atoms with E-state index in [2.05, 4.69) is 103 Å². The van der Waals surface area contributed by atoms with Gasteiger partial charge < -0.3 is 4.42 Å². The maximum Gasteiger partial charge on any atom is 0.143 e. The number of benzene rings is 9. The molecule has 0 fully saturated rings. The number of hydrogen-bond acceptors (Lipinski definition) is 1. The molecular formula is C46H28O. The van der Waals surface area contributed by atoms with Crippen LogP contribution in [0.4, 0.5) is 0 Å². The molecule has 9 aromatic carbocycles. The Hall–Kier alpha value is -6.18. The zero-order valence-corrected chi connectivity index (χ0v) is 25.2. The van der Waals surface area contributed by atoms with Crippen molar-refractivity contribution in [3.8, 4) is 33.4 Å². The molecule has 1 nitrogen and oxygen atoms in total. The highest BCUT2D eigenvalue weighted by molar-refractivity contribution is 6.28. The summed E-state index contributed by atoms with van der Waals surface area (Å²) in [5.41, 5.74) is 6.04. The predicted octanol–water partition coefficient (Wildman–Crippen LogP) is 13.2. The number of hydrogen-bond donors (Lipinski definition) is 0. The van der Waals surface area contributed by atoms with Crippen molar-refractivity contribution >= 4 is 65.0 Å². The number of para-hydroxylation sites is 1. The van der Waals surface area contributed by atoms with Gasteiger partial charge in [0.25, 0.3) is 0 Å². The van der Waals surface area contributed by atoms with Crippen LogP contribution in [0.15, 0.2) is 174 Å². The molecule has 0 saturated carbocycles. The molecule has 0 bridgehead atoms. The summed E-state index contributed by atoms with van der Waals surface area (Å²) in [6.45, 7) is 0. The normalized spacial score (nSPS) is 13.3. The summed E-state index contributed by atoms with van der Waals surface area (Å²) in [4.78, 5) is 0. The lowest BCUT2D eigenvalue weighted by Crippen LogP contribution is -1.92. The first-order valence-electron chi connectivity index (χ1n) is 18.3. The Kier molecular flexibility index (Phi) is 4.66. The maximum absolute atomic E-state index is 8.81. The summed E-state index contributed by atoms with van der Waals surface area (Å²) in [6.07, 6.45) is 0. The molecule has 0 aliphatic rings. The van der Waals surface area contributed by atoms with E-state index in [-0.39, 0.29) is 29.7 Å². The van der Waals surface area contributed by atoms with Crippen molar-refractivity contribution < 1.29 is 11.3 Å². The molecule has 10 aromatic rings. The highest BCUT2D eigenvalue weighted by Crippen LogP contribution is 2.49. The maximum atomic E-state index is 8.81. The largest absolute Gasteiger partial charge is 0.455 e. The monoisotopic (exact) mass is 601 g/mol. The molecule has 0 amide bonds. The Balaban J connectivity index is 1.34. The van der Waals surface area contributed by atoms with Gasteiger partial charge in [-0.2, -0.15) is 0 Å². The Morgan fingerprint density at radius 1 is 0.383 bits per heavy atom. The average molecular weight is 602 g/mol. The van der Waals surface area contributed by atoms with Crippen molar-refractivity contribution in [2.75, 3.05) is 0 Å². The Morgan fingerprint density at radius 2 is 0.957 bits per heavy atom. The summed E-state index contributed by atoms with van der Waals surface area (Å²) in [7, 11) is 0. The number of fused-ring (bicyclic) bond motifs is 8. The van der Waals surface area contributed by atoms with Gasteiger partial charge in [-0.3, -0.25) is 0 Å². The van der Waals surface area contributed by atoms with Gasteiger partial charge in [0.2, 0.25) is 0 Å². The van der Waals surface area contributed by atoms with Crippen LogP contribution in [0.1, 0.15) is 6.85 Å². The lowest BCUT2D eigenvalue weighted by molar-refractivity contribution is 0.670. The highest BCUT2D eigenvalue weighted by atomic mass is 16.3. The molecule has 0 N–H and O–H groups in total. The van der Waals surface area contributed by atoms with Gasteiger partial charge in [-0.1, -0.05) is 158 Å². The van der Waals surface area contributed by atoms with Crippen LogP contribution in [0.5, 0.6) is 0 Å². The third-order valence-electron chi connectivity index (χ3n) is 9.55. The third kappa shape index (κ3) is 3.84. The van der Waals surface area contributed by atoms with Crippen LogP contribution in [-0.4, -0.2) is 0 Å². The Morgan fingerprint density at radius 3 is 1.68 bits per heavy atom. The smallest absolute Gasteiger partial charge is 0.143 e. The number of rotatable bonds is 3. The van der Waals surface area contributed by atoms with E-state index >= 15 is 0 Å². The van der Waals surface area contributed by atoms with E-state index in [9.17, 15) is 0 Å². The lowest BCUT2D eigenvalue weighted by atomic mass is 9.83. The second-order valence-corrected chi connectivity index (χ2v) is 12.0. The summed E-state index contributed by atoms with van der Waals surface area (Å²) in [6, 6.07) is 46.6. The molecule has 0 atom stereocenters. The van der Waals surface area contributed by atoms with Gasteiger partial charge in [-0.15, -0.1) is 0 Å². The topological polar surface area (TPSA) is 13.1 Å². The van der Waals surface area contributed by atoms with E-state index in [4.69, 9.17) is 11.3 Å². The predicted molar refractivity (Wildman–Crippen MR) is 200 cm³/mol. The van der Waals surface area contributed by atoms with Gasteiger partial charge in [0.1, 0.15) is 11.2 Å². The van der Waals surface area contributed by atoms with Crippen LogP contribution in [0.25, 0.3) is 98.4 Å². The quantitative estimate of drug-likeness (QED) is 0.145. The van der Waals surface area contributed by atoms with Crippen LogP contribution in [-0.2, 0) is 0 Å². The minimum absolute atomic E-state index is 0.121. The van der Waals surface area contributed by atoms with E-state index in [0.717, 1.165) is 49.0 Å². The average Bonchev–Trinajstić information content (AvgIpc) is 3.59. The first-order chi connectivity index (χ1) is 25.4. The fraction of sp³-hybridized carbons (Fsp3) is 0. The molecule has 1 aromatic heterocycles. The van der Waals surface area contributed by atoms with Gasteiger partial charge in [-0.05, 0) is 83.0 Å². The second kappa shape index (κ2) is 10.2. The lowest BCUT2D eigenvalue weighted by Gasteiger charge is -2.20. The van der Waals surface area contributed by atoms with Crippen molar-refractivity contribution in [1.82, 2.24) is 0 Å². The Labute approximate surface area is 279 Å². The van der Waals surface area contributed by atoms with E-state index in [1.54, 1.807) is 0 Å². The second-order valence-electron chi connectivity index (χ2n) is 12.0. The van der Waals surface area contributed by atoms with Gasteiger partial charge in [0.05, 0.1) is 6.85 Å². The molecule has 218 valence electrons. The minimum atomic E-state index is -0.423. The van der Waals surface area contributed by atoms with Gasteiger partial charge in [0, 0.05) is 16.3 Å². The Bertz CT molecular complexity index is 3050. The standard InChI is InChI=1S/C46H28O/c1-2-13-29(14-3-1)32-27-28-41(45-40-21-10-11-24-42(40)47-46(32)45)44-38-19-8-6-17-36(38)43(37-18-7-9-20-39(37)44)35-23-12-22-33-31-16-5-4-15-30(31)25-26-34(33)35/h1-28H/i1D,2D,3D,13D,14D. The number of furan rings is 1. The first-order valence-corrected chi connectivity index (χ1v) is 15.8. The molecule has 1 heterocycles. The molecule has 0 radical (unpaired) electrons. The molecule has 10 rings (SSSR count). The molecule has 0 saturated heterocycles. The fourth-order valence-electron chi connectivity index (χ4n) is 7.59. The molecule has 0 aliphatic heterocycles. The van der Waals surface area contributed by atoms with E-state index in [1.807, 2.05) is 36.4 Å². The van der Waals surface area contributed by atoms with Gasteiger partial charge in [0.15, 0.2) is 0 Å². The van der Waals surface area contributed by atoms with Crippen LogP contribution in [0, 0.1) is 0 Å². The van der Waals surface area contributed by atoms with Crippen LogP contribution in [0.2, 0.25) is 0 Å². The summed E-state index contributed by atoms with van der Waals surface area (Å²) in [5, 5.41) is 11.0. The van der Waals surface area contributed by atoms with Crippen LogP contribution >= 0.6 is 0 Å². The van der Waals surface area contributed by atoms with Crippen molar-refractivity contribution in [3.05, 3.63) is 170 Å². The summed E-state index contributed by atoms with van der Waals surface area (Å²) >= 11 is 0. The molecule has 47 heavy (non-hydrogen) atoms. The van der Waals surface area contributed by atoms with Crippen LogP contribution < -0.4 is 0 Å². The zero-order chi connectivity index (χ0) is 35.2. The summed E-state index contributed by atoms with van der Waals surface area (Å²) < 4.78 is 49.2. The van der Waals surface area contributed by atoms with E-state index < -0.39 is 6.04 Å². The SMILES string of the molecule is [2H]c1c([2H])c([2H])c(-c2ccc(-c3c4ccccc4c(-c4cccc5c4ccc4ccccc45)c4ccccc34)c3c2oc2ccccc23)c([2H])c1[2H]. The molecular weight excluding hydrogens is 569 g/mol. The van der Waals surface area contributed by atoms with Crippen LogP contribution in [0.3, 0.4) is 0 Å². The van der Waals surface area contributed by atoms with Crippen molar-refractivity contribution in [3.63, 3.8) is 0 Å². The van der Waals surface area contributed by atoms with E-state index in [0.29, 0.717) is 16.7 Å². The van der Waals surface area contributed by atoms with Gasteiger partial charge in [-0.25, -0.2) is 0 Å². The molecule has 0 spiro atoms. The zero-order valence-electron chi connectivity index (χ0n) is 30.2. The fourth-order valence-corrected chi connectivity index (χ4v) is 7.59. The molecule has 0 unspecified atom stereocenters. The molecule has 1 heteroatoms. The van der Waals surface area contributed by atoms with Gasteiger partial charge >= 0.3 is 0 Å². The minimum Gasteiger partial charge on any atom is -0.455 e. The summed E-state index contributed by atoms with van der Waals surface area (Å²) in [5.74, 6) is 0.